The molecular formula is C20H26O. The number of fused-ring (bicyclic) bond motifs is 1. The molecule has 2 unspecified atom stereocenters. The summed E-state index contributed by atoms with van der Waals surface area (Å²) in [6.07, 6.45) is 0.998. The van der Waals surface area contributed by atoms with Crippen molar-refractivity contribution in [3.8, 4) is 0 Å². The average molecular weight is 282 g/mol. The Morgan fingerprint density at radius 2 is 1.67 bits per heavy atom. The van der Waals surface area contributed by atoms with Crippen molar-refractivity contribution in [2.45, 2.75) is 46.5 Å². The number of rotatable bonds is 5. The Morgan fingerprint density at radius 3 is 2.29 bits per heavy atom. The van der Waals surface area contributed by atoms with E-state index in [-0.39, 0.29) is 5.92 Å². The number of carbonyl (C=O) groups is 1. The van der Waals surface area contributed by atoms with Gasteiger partial charge in [0.05, 0.1) is 5.41 Å². The lowest BCUT2D eigenvalue weighted by atomic mass is 9.65. The molecule has 0 aliphatic heterocycles. The van der Waals surface area contributed by atoms with Crippen LogP contribution in [0.2, 0.25) is 0 Å². The average Bonchev–Trinajstić information content (AvgIpc) is 2.51. The second-order valence-corrected chi connectivity index (χ2v) is 6.56. The maximum atomic E-state index is 13.0. The third kappa shape index (κ3) is 2.62. The molecule has 2 aromatic rings. The summed E-state index contributed by atoms with van der Waals surface area (Å²) >= 11 is 0. The van der Waals surface area contributed by atoms with Crippen molar-refractivity contribution < 1.29 is 4.79 Å². The van der Waals surface area contributed by atoms with E-state index in [0.29, 0.717) is 11.7 Å². The number of Topliss-reactive ketones (excluding diaryl/α,β-unsaturated/α-hetero) is 1. The van der Waals surface area contributed by atoms with Gasteiger partial charge in [0.2, 0.25) is 0 Å². The number of hydrogen-bond donors (Lipinski definition) is 0. The first-order chi connectivity index (χ1) is 9.92. The Kier molecular flexibility index (Phi) is 4.51. The van der Waals surface area contributed by atoms with Crippen molar-refractivity contribution in [1.29, 1.82) is 0 Å². The zero-order valence-corrected chi connectivity index (χ0v) is 13.8. The van der Waals surface area contributed by atoms with E-state index in [2.05, 4.69) is 63.2 Å². The summed E-state index contributed by atoms with van der Waals surface area (Å²) in [6.45, 7) is 10.5. The molecule has 0 bridgehead atoms. The van der Waals surface area contributed by atoms with Gasteiger partial charge < -0.3 is 0 Å². The maximum Gasteiger partial charge on any atom is 0.145 e. The summed E-state index contributed by atoms with van der Waals surface area (Å²) in [5.74, 6) is 0.703. The minimum atomic E-state index is -0.427. The highest BCUT2D eigenvalue weighted by Gasteiger charge is 2.41. The van der Waals surface area contributed by atoms with Crippen molar-refractivity contribution in [1.82, 2.24) is 0 Å². The topological polar surface area (TPSA) is 17.1 Å². The van der Waals surface area contributed by atoms with Gasteiger partial charge in [0.1, 0.15) is 5.78 Å². The Morgan fingerprint density at radius 1 is 1.05 bits per heavy atom. The zero-order chi connectivity index (χ0) is 15.6. The van der Waals surface area contributed by atoms with E-state index in [9.17, 15) is 4.79 Å². The van der Waals surface area contributed by atoms with Crippen molar-refractivity contribution in [3.63, 3.8) is 0 Å². The molecular weight excluding hydrogens is 256 g/mol. The van der Waals surface area contributed by atoms with Crippen LogP contribution in [0, 0.1) is 11.8 Å². The number of benzene rings is 2. The van der Waals surface area contributed by atoms with Crippen LogP contribution in [-0.4, -0.2) is 5.78 Å². The maximum absolute atomic E-state index is 13.0. The number of ketones is 1. The second-order valence-electron chi connectivity index (χ2n) is 6.56. The fourth-order valence-electron chi connectivity index (χ4n) is 3.33. The zero-order valence-electron chi connectivity index (χ0n) is 13.8. The van der Waals surface area contributed by atoms with E-state index < -0.39 is 5.41 Å². The van der Waals surface area contributed by atoms with Crippen LogP contribution in [-0.2, 0) is 10.2 Å². The van der Waals surface area contributed by atoms with Gasteiger partial charge in [0.15, 0.2) is 0 Å². The Bertz CT molecular complexity index is 636. The van der Waals surface area contributed by atoms with Crippen LogP contribution in [0.5, 0.6) is 0 Å². The van der Waals surface area contributed by atoms with Gasteiger partial charge in [0.25, 0.3) is 0 Å². The SMILES string of the molecule is CCC(C)C(C)(C(=O)C(C)C)c1cccc2ccccc12. The molecule has 0 fully saturated rings. The first kappa shape index (κ1) is 15.8. The summed E-state index contributed by atoms with van der Waals surface area (Å²) in [7, 11) is 0. The fourth-order valence-corrected chi connectivity index (χ4v) is 3.33. The third-order valence-corrected chi connectivity index (χ3v) is 4.98. The molecule has 2 rings (SSSR count). The molecule has 0 aromatic heterocycles. The summed E-state index contributed by atoms with van der Waals surface area (Å²) in [5.41, 5.74) is 0.748. The van der Waals surface area contributed by atoms with E-state index in [1.807, 2.05) is 13.8 Å². The van der Waals surface area contributed by atoms with E-state index in [1.165, 1.54) is 16.3 Å². The monoisotopic (exact) mass is 282 g/mol. The van der Waals surface area contributed by atoms with Gasteiger partial charge in [-0.15, -0.1) is 0 Å². The molecule has 1 nitrogen and oxygen atoms in total. The van der Waals surface area contributed by atoms with Gasteiger partial charge in [-0.1, -0.05) is 76.6 Å². The summed E-state index contributed by atoms with van der Waals surface area (Å²) in [5, 5.41) is 2.41. The molecule has 0 aliphatic carbocycles. The van der Waals surface area contributed by atoms with Gasteiger partial charge in [-0.05, 0) is 29.2 Å². The van der Waals surface area contributed by atoms with Crippen molar-refractivity contribution in [3.05, 3.63) is 48.0 Å². The molecule has 0 amide bonds. The molecule has 0 radical (unpaired) electrons. The number of carbonyl (C=O) groups excluding carboxylic acids is 1. The Hall–Kier alpha value is -1.63. The predicted octanol–water partition coefficient (Wildman–Crippen LogP) is 5.37. The van der Waals surface area contributed by atoms with E-state index >= 15 is 0 Å². The highest BCUT2D eigenvalue weighted by molar-refractivity contribution is 5.97. The molecule has 0 saturated carbocycles. The largest absolute Gasteiger partial charge is 0.298 e. The third-order valence-electron chi connectivity index (χ3n) is 4.98. The molecule has 1 heteroatoms. The molecule has 0 saturated heterocycles. The van der Waals surface area contributed by atoms with Gasteiger partial charge in [-0.3, -0.25) is 4.79 Å². The van der Waals surface area contributed by atoms with Gasteiger partial charge in [0, 0.05) is 5.92 Å². The fraction of sp³-hybridized carbons (Fsp3) is 0.450. The van der Waals surface area contributed by atoms with Crippen molar-refractivity contribution in [2.75, 3.05) is 0 Å². The van der Waals surface area contributed by atoms with E-state index in [1.54, 1.807) is 0 Å². The van der Waals surface area contributed by atoms with Gasteiger partial charge in [-0.25, -0.2) is 0 Å². The quantitative estimate of drug-likeness (QED) is 0.720. The van der Waals surface area contributed by atoms with Crippen LogP contribution < -0.4 is 0 Å². The summed E-state index contributed by atoms with van der Waals surface area (Å²) in [6, 6.07) is 14.7. The van der Waals surface area contributed by atoms with E-state index in [4.69, 9.17) is 0 Å². The normalized spacial score (nSPS) is 15.9. The summed E-state index contributed by atoms with van der Waals surface area (Å²) in [4.78, 5) is 13.0. The van der Waals surface area contributed by atoms with Crippen LogP contribution in [0.3, 0.4) is 0 Å². The minimum Gasteiger partial charge on any atom is -0.298 e. The van der Waals surface area contributed by atoms with Crippen molar-refractivity contribution in [2.24, 2.45) is 11.8 Å². The smallest absolute Gasteiger partial charge is 0.145 e. The molecule has 0 N–H and O–H groups in total. The van der Waals surface area contributed by atoms with Crippen LogP contribution >= 0.6 is 0 Å². The first-order valence-electron chi connectivity index (χ1n) is 7.95. The van der Waals surface area contributed by atoms with Crippen LogP contribution in [0.25, 0.3) is 10.8 Å². The van der Waals surface area contributed by atoms with Gasteiger partial charge >= 0.3 is 0 Å². The molecule has 0 heterocycles. The van der Waals surface area contributed by atoms with Crippen LogP contribution in [0.1, 0.15) is 46.6 Å². The molecule has 0 spiro atoms. The second kappa shape index (κ2) is 6.01. The lowest BCUT2D eigenvalue weighted by molar-refractivity contribution is -0.128. The molecule has 112 valence electrons. The Balaban J connectivity index is 2.73. The first-order valence-corrected chi connectivity index (χ1v) is 7.95. The lowest BCUT2D eigenvalue weighted by Gasteiger charge is -2.37. The predicted molar refractivity (Wildman–Crippen MR) is 90.6 cm³/mol. The highest BCUT2D eigenvalue weighted by atomic mass is 16.1. The molecule has 2 aromatic carbocycles. The number of hydrogen-bond acceptors (Lipinski definition) is 1. The van der Waals surface area contributed by atoms with Crippen molar-refractivity contribution >= 4 is 16.6 Å². The molecule has 2 atom stereocenters. The standard InChI is InChI=1S/C20H26O/c1-6-15(4)20(5,19(21)14(2)3)18-13-9-11-16-10-7-8-12-17(16)18/h7-15H,6H2,1-5H3. The summed E-state index contributed by atoms with van der Waals surface area (Å²) < 4.78 is 0. The lowest BCUT2D eigenvalue weighted by Crippen LogP contribution is -2.41. The Labute approximate surface area is 128 Å². The van der Waals surface area contributed by atoms with E-state index in [0.717, 1.165) is 6.42 Å². The molecule has 21 heavy (non-hydrogen) atoms. The van der Waals surface area contributed by atoms with Crippen LogP contribution in [0.15, 0.2) is 42.5 Å². The van der Waals surface area contributed by atoms with Crippen LogP contribution in [0.4, 0.5) is 0 Å². The minimum absolute atomic E-state index is 0.0444. The molecule has 0 aliphatic rings. The highest BCUT2D eigenvalue weighted by Crippen LogP contribution is 2.40. The van der Waals surface area contributed by atoms with Gasteiger partial charge in [-0.2, -0.15) is 0 Å².